The molecular weight excluding hydrogens is 440 g/mol. The van der Waals surface area contributed by atoms with Crippen LogP contribution in [0.3, 0.4) is 0 Å². The van der Waals surface area contributed by atoms with Crippen LogP contribution in [0.15, 0.2) is 48.1 Å². The largest absolute Gasteiger partial charge is 0.493 e. The molecule has 0 unspecified atom stereocenters. The Kier molecular flexibility index (Phi) is 9.37. The van der Waals surface area contributed by atoms with Crippen LogP contribution in [-0.4, -0.2) is 50.1 Å². The highest BCUT2D eigenvalue weighted by molar-refractivity contribution is 6.32. The summed E-state index contributed by atoms with van der Waals surface area (Å²) in [5, 5.41) is 12.8. The highest BCUT2D eigenvalue weighted by Crippen LogP contribution is 2.36. The molecule has 2 rings (SSSR count). The number of benzene rings is 2. The summed E-state index contributed by atoms with van der Waals surface area (Å²) in [6.45, 7) is 5.57. The fourth-order valence-electron chi connectivity index (χ4n) is 2.50. The molecule has 170 valence electrons. The van der Waals surface area contributed by atoms with Crippen LogP contribution >= 0.6 is 11.6 Å². The van der Waals surface area contributed by atoms with E-state index in [0.29, 0.717) is 35.8 Å². The maximum atomic E-state index is 12.4. The number of rotatable bonds is 12. The standard InChI is InChI=1S/C22H23ClN2O7/c1-4-8-31-17-7-6-15(11-18(17)30-5-2)22(28)25-24-12-14-9-16(23)21(19(10-14)29-3)32-13-20(26)27/h4,6-7,9-12H,1,5,8,13H2,2-3H3,(H,25,28)(H,26,27)/b24-12+. The Labute approximate surface area is 190 Å². The highest BCUT2D eigenvalue weighted by Gasteiger charge is 2.14. The van der Waals surface area contributed by atoms with Gasteiger partial charge in [0.15, 0.2) is 29.6 Å². The van der Waals surface area contributed by atoms with Gasteiger partial charge in [-0.1, -0.05) is 24.3 Å². The smallest absolute Gasteiger partial charge is 0.341 e. The van der Waals surface area contributed by atoms with E-state index in [4.69, 9.17) is 35.7 Å². The summed E-state index contributed by atoms with van der Waals surface area (Å²) in [6, 6.07) is 7.81. The van der Waals surface area contributed by atoms with Crippen molar-refractivity contribution in [1.82, 2.24) is 5.43 Å². The van der Waals surface area contributed by atoms with Gasteiger partial charge in [-0.15, -0.1) is 0 Å². The van der Waals surface area contributed by atoms with Crippen molar-refractivity contribution in [3.8, 4) is 23.0 Å². The monoisotopic (exact) mass is 462 g/mol. The first-order valence-electron chi connectivity index (χ1n) is 9.45. The average Bonchev–Trinajstić information content (AvgIpc) is 2.77. The third kappa shape index (κ3) is 6.92. The molecule has 0 radical (unpaired) electrons. The Morgan fingerprint density at radius 1 is 1.16 bits per heavy atom. The molecule has 0 heterocycles. The number of hydrazone groups is 1. The van der Waals surface area contributed by atoms with Crippen LogP contribution in [0.25, 0.3) is 0 Å². The van der Waals surface area contributed by atoms with Crippen LogP contribution in [0.5, 0.6) is 23.0 Å². The van der Waals surface area contributed by atoms with Crippen LogP contribution in [0.2, 0.25) is 5.02 Å². The predicted molar refractivity (Wildman–Crippen MR) is 119 cm³/mol. The maximum Gasteiger partial charge on any atom is 0.341 e. The normalized spacial score (nSPS) is 10.5. The first-order valence-corrected chi connectivity index (χ1v) is 9.83. The molecule has 32 heavy (non-hydrogen) atoms. The fraction of sp³-hybridized carbons (Fsp3) is 0.227. The first kappa shape index (κ1) is 24.5. The number of hydrogen-bond donors (Lipinski definition) is 2. The van der Waals surface area contributed by atoms with Crippen molar-refractivity contribution in [2.24, 2.45) is 5.10 Å². The van der Waals surface area contributed by atoms with E-state index in [9.17, 15) is 9.59 Å². The van der Waals surface area contributed by atoms with E-state index >= 15 is 0 Å². The average molecular weight is 463 g/mol. The van der Waals surface area contributed by atoms with Crippen molar-refractivity contribution in [3.05, 3.63) is 59.1 Å². The molecule has 0 aromatic heterocycles. The third-order valence-electron chi connectivity index (χ3n) is 3.83. The van der Waals surface area contributed by atoms with Gasteiger partial charge < -0.3 is 24.1 Å². The highest BCUT2D eigenvalue weighted by atomic mass is 35.5. The minimum atomic E-state index is -1.15. The predicted octanol–water partition coefficient (Wildman–Crippen LogP) is 3.54. The molecule has 0 saturated carbocycles. The van der Waals surface area contributed by atoms with Crippen molar-refractivity contribution in [3.63, 3.8) is 0 Å². The number of carboxylic acid groups (broad SMARTS) is 1. The Bertz CT molecular complexity index is 1010. The van der Waals surface area contributed by atoms with Crippen LogP contribution in [-0.2, 0) is 4.79 Å². The zero-order valence-electron chi connectivity index (χ0n) is 17.6. The summed E-state index contributed by atoms with van der Waals surface area (Å²) in [7, 11) is 1.39. The molecule has 0 fully saturated rings. The molecule has 9 nitrogen and oxygen atoms in total. The number of halogens is 1. The van der Waals surface area contributed by atoms with Gasteiger partial charge in [-0.2, -0.15) is 5.10 Å². The fourth-order valence-corrected chi connectivity index (χ4v) is 2.78. The molecule has 1 amide bonds. The molecule has 0 aliphatic rings. The summed E-state index contributed by atoms with van der Waals surface area (Å²) in [5.74, 6) is -0.359. The number of amides is 1. The number of aliphatic carboxylic acids is 1. The molecule has 0 aliphatic heterocycles. The van der Waals surface area contributed by atoms with Gasteiger partial charge in [0.2, 0.25) is 0 Å². The molecule has 0 saturated heterocycles. The lowest BCUT2D eigenvalue weighted by molar-refractivity contribution is -0.139. The molecule has 2 aromatic rings. The van der Waals surface area contributed by atoms with Gasteiger partial charge in [-0.3, -0.25) is 4.79 Å². The SMILES string of the molecule is C=CCOc1ccc(C(=O)N/N=C/c2cc(Cl)c(OCC(=O)O)c(OC)c2)cc1OCC. The minimum absolute atomic E-state index is 0.0972. The Morgan fingerprint density at radius 3 is 2.59 bits per heavy atom. The van der Waals surface area contributed by atoms with Crippen molar-refractivity contribution in [2.75, 3.05) is 26.9 Å². The second-order valence-electron chi connectivity index (χ2n) is 6.11. The van der Waals surface area contributed by atoms with Crippen LogP contribution in [0, 0.1) is 0 Å². The van der Waals surface area contributed by atoms with Gasteiger partial charge in [-0.05, 0) is 42.8 Å². The lowest BCUT2D eigenvalue weighted by Crippen LogP contribution is -2.17. The van der Waals surface area contributed by atoms with E-state index in [0.717, 1.165) is 0 Å². The Morgan fingerprint density at radius 2 is 1.94 bits per heavy atom. The summed E-state index contributed by atoms with van der Waals surface area (Å²) in [5.41, 5.74) is 3.24. The van der Waals surface area contributed by atoms with E-state index in [-0.39, 0.29) is 16.5 Å². The number of nitrogens with one attached hydrogen (secondary N) is 1. The van der Waals surface area contributed by atoms with Crippen molar-refractivity contribution < 1.29 is 33.6 Å². The van der Waals surface area contributed by atoms with Gasteiger partial charge in [-0.25, -0.2) is 10.2 Å². The summed E-state index contributed by atoms with van der Waals surface area (Å²) < 4.78 is 21.4. The first-order chi connectivity index (χ1) is 15.4. The van der Waals surface area contributed by atoms with Crippen molar-refractivity contribution in [2.45, 2.75) is 6.92 Å². The number of hydrogen-bond acceptors (Lipinski definition) is 7. The second kappa shape index (κ2) is 12.2. The summed E-state index contributed by atoms with van der Waals surface area (Å²) in [6.07, 6.45) is 2.97. The van der Waals surface area contributed by atoms with Gasteiger partial charge in [0.05, 0.1) is 25.0 Å². The van der Waals surface area contributed by atoms with Crippen LogP contribution in [0.4, 0.5) is 0 Å². The van der Waals surface area contributed by atoms with Crippen molar-refractivity contribution >= 4 is 29.7 Å². The number of methoxy groups -OCH3 is 1. The second-order valence-corrected chi connectivity index (χ2v) is 6.52. The van der Waals surface area contributed by atoms with E-state index in [1.54, 1.807) is 24.3 Å². The number of ether oxygens (including phenoxy) is 4. The molecule has 2 N–H and O–H groups in total. The number of carbonyl (C=O) groups is 2. The number of nitrogens with zero attached hydrogens (tertiary/aromatic N) is 1. The van der Waals surface area contributed by atoms with Gasteiger partial charge in [0.1, 0.15) is 6.61 Å². The molecule has 0 atom stereocenters. The molecule has 2 aromatic carbocycles. The number of carboxylic acids is 1. The lowest BCUT2D eigenvalue weighted by Gasteiger charge is -2.12. The maximum absolute atomic E-state index is 12.4. The summed E-state index contributed by atoms with van der Waals surface area (Å²) in [4.78, 5) is 23.2. The Balaban J connectivity index is 2.12. The molecule has 0 spiro atoms. The van der Waals surface area contributed by atoms with Crippen molar-refractivity contribution in [1.29, 1.82) is 0 Å². The third-order valence-corrected chi connectivity index (χ3v) is 4.11. The summed E-state index contributed by atoms with van der Waals surface area (Å²) >= 11 is 6.15. The van der Waals surface area contributed by atoms with Gasteiger partial charge in [0.25, 0.3) is 5.91 Å². The molecule has 0 bridgehead atoms. The molecular formula is C22H23ClN2O7. The minimum Gasteiger partial charge on any atom is -0.493 e. The van der Waals surface area contributed by atoms with E-state index in [1.165, 1.54) is 25.5 Å². The Hall–Kier alpha value is -3.72. The zero-order valence-corrected chi connectivity index (χ0v) is 18.3. The van der Waals surface area contributed by atoms with E-state index in [2.05, 4.69) is 17.1 Å². The van der Waals surface area contributed by atoms with Gasteiger partial charge >= 0.3 is 5.97 Å². The van der Waals surface area contributed by atoms with E-state index in [1.807, 2.05) is 6.92 Å². The quantitative estimate of drug-likeness (QED) is 0.281. The lowest BCUT2D eigenvalue weighted by atomic mass is 10.2. The molecule has 10 heteroatoms. The number of carbonyl (C=O) groups excluding carboxylic acids is 1. The van der Waals surface area contributed by atoms with Crippen LogP contribution < -0.4 is 24.4 Å². The topological polar surface area (TPSA) is 116 Å². The molecule has 0 aliphatic carbocycles. The van der Waals surface area contributed by atoms with Crippen LogP contribution in [0.1, 0.15) is 22.8 Å². The van der Waals surface area contributed by atoms with E-state index < -0.39 is 18.5 Å². The van der Waals surface area contributed by atoms with Gasteiger partial charge in [0, 0.05) is 5.56 Å². The zero-order chi connectivity index (χ0) is 23.5.